The zero-order valence-corrected chi connectivity index (χ0v) is 12.6. The van der Waals surface area contributed by atoms with Crippen LogP contribution in [0.3, 0.4) is 0 Å². The van der Waals surface area contributed by atoms with Gasteiger partial charge in [-0.3, -0.25) is 0 Å². The second-order valence-electron chi connectivity index (χ2n) is 7.14. The lowest BCUT2D eigenvalue weighted by Gasteiger charge is -2.40. The summed E-state index contributed by atoms with van der Waals surface area (Å²) in [6, 6.07) is 0.785. The van der Waals surface area contributed by atoms with Crippen LogP contribution in [0.5, 0.6) is 0 Å². The second kappa shape index (κ2) is 6.55. The molecule has 3 heteroatoms. The predicted molar refractivity (Wildman–Crippen MR) is 80.4 cm³/mol. The fraction of sp³-hybridized carbons (Fsp3) is 1.00. The number of piperazine rings is 1. The lowest BCUT2D eigenvalue weighted by Crippen LogP contribution is -2.54. The Hall–Kier alpha value is -0.120. The topological polar surface area (TPSA) is 18.5 Å². The Morgan fingerprint density at radius 1 is 1.00 bits per heavy atom. The van der Waals surface area contributed by atoms with Crippen molar-refractivity contribution in [1.29, 1.82) is 0 Å². The van der Waals surface area contributed by atoms with Crippen LogP contribution in [-0.2, 0) is 0 Å². The first-order valence-electron chi connectivity index (χ1n) is 8.45. The van der Waals surface area contributed by atoms with Gasteiger partial charge in [0.15, 0.2) is 0 Å². The van der Waals surface area contributed by atoms with Gasteiger partial charge in [0.2, 0.25) is 0 Å². The lowest BCUT2D eigenvalue weighted by molar-refractivity contribution is 0.131. The van der Waals surface area contributed by atoms with Crippen molar-refractivity contribution in [3.8, 4) is 0 Å². The first-order valence-corrected chi connectivity index (χ1v) is 8.45. The molecule has 0 bridgehead atoms. The summed E-state index contributed by atoms with van der Waals surface area (Å²) in [6.45, 7) is 7.76. The number of hydrogen-bond donors (Lipinski definition) is 1. The minimum atomic E-state index is 0.785. The molecule has 2 aliphatic heterocycles. The van der Waals surface area contributed by atoms with Crippen LogP contribution in [0.25, 0.3) is 0 Å². The van der Waals surface area contributed by atoms with Crippen molar-refractivity contribution >= 4 is 0 Å². The number of rotatable bonds is 3. The van der Waals surface area contributed by atoms with E-state index in [0.717, 1.165) is 17.9 Å². The van der Waals surface area contributed by atoms with E-state index in [-0.39, 0.29) is 0 Å². The number of nitrogens with one attached hydrogen (secondary N) is 1. The zero-order chi connectivity index (χ0) is 13.1. The molecule has 0 aromatic carbocycles. The molecular weight excluding hydrogens is 234 g/mol. The Morgan fingerprint density at radius 3 is 2.58 bits per heavy atom. The van der Waals surface area contributed by atoms with Crippen molar-refractivity contribution in [1.82, 2.24) is 15.1 Å². The summed E-state index contributed by atoms with van der Waals surface area (Å²) < 4.78 is 0. The van der Waals surface area contributed by atoms with Crippen molar-refractivity contribution in [3.05, 3.63) is 0 Å². The van der Waals surface area contributed by atoms with E-state index in [0.29, 0.717) is 0 Å². The Balaban J connectivity index is 1.47. The Kier molecular flexibility index (Phi) is 4.78. The summed E-state index contributed by atoms with van der Waals surface area (Å²) in [4.78, 5) is 5.24. The van der Waals surface area contributed by atoms with Crippen LogP contribution in [0.4, 0.5) is 0 Å². The van der Waals surface area contributed by atoms with Gasteiger partial charge in [-0.25, -0.2) is 0 Å². The van der Waals surface area contributed by atoms with Crippen LogP contribution in [0.15, 0.2) is 0 Å². The van der Waals surface area contributed by atoms with E-state index in [1.807, 2.05) is 0 Å². The highest BCUT2D eigenvalue weighted by atomic mass is 15.2. The molecule has 110 valence electrons. The normalized spacial score (nSPS) is 35.8. The van der Waals surface area contributed by atoms with Gasteiger partial charge in [-0.2, -0.15) is 0 Å². The predicted octanol–water partition coefficient (Wildman–Crippen LogP) is 1.79. The van der Waals surface area contributed by atoms with Crippen molar-refractivity contribution in [2.45, 2.75) is 44.6 Å². The van der Waals surface area contributed by atoms with Crippen LogP contribution in [0.2, 0.25) is 0 Å². The molecule has 19 heavy (non-hydrogen) atoms. The first-order chi connectivity index (χ1) is 9.31. The molecule has 1 aliphatic carbocycles. The van der Waals surface area contributed by atoms with Gasteiger partial charge in [0.1, 0.15) is 0 Å². The Morgan fingerprint density at radius 2 is 1.84 bits per heavy atom. The molecule has 2 heterocycles. The van der Waals surface area contributed by atoms with Crippen molar-refractivity contribution in [3.63, 3.8) is 0 Å². The van der Waals surface area contributed by atoms with E-state index in [2.05, 4.69) is 22.2 Å². The van der Waals surface area contributed by atoms with Gasteiger partial charge in [0, 0.05) is 38.8 Å². The van der Waals surface area contributed by atoms with Gasteiger partial charge >= 0.3 is 0 Å². The molecule has 2 saturated heterocycles. The highest BCUT2D eigenvalue weighted by molar-refractivity contribution is 4.87. The Bertz CT molecular complexity index is 275. The summed E-state index contributed by atoms with van der Waals surface area (Å²) >= 11 is 0. The summed E-state index contributed by atoms with van der Waals surface area (Å²) in [7, 11) is 2.27. The average Bonchev–Trinajstić information content (AvgIpc) is 2.85. The zero-order valence-electron chi connectivity index (χ0n) is 12.6. The Labute approximate surface area is 118 Å². The van der Waals surface area contributed by atoms with Crippen LogP contribution in [0.1, 0.15) is 38.5 Å². The van der Waals surface area contributed by atoms with Crippen LogP contribution < -0.4 is 5.32 Å². The molecule has 1 saturated carbocycles. The summed E-state index contributed by atoms with van der Waals surface area (Å²) in [5.41, 5.74) is 0. The highest BCUT2D eigenvalue weighted by Crippen LogP contribution is 2.28. The van der Waals surface area contributed by atoms with E-state index >= 15 is 0 Å². The highest BCUT2D eigenvalue weighted by Gasteiger charge is 2.30. The summed E-state index contributed by atoms with van der Waals surface area (Å²) in [6.07, 6.45) is 8.76. The molecule has 3 rings (SSSR count). The van der Waals surface area contributed by atoms with Crippen molar-refractivity contribution < 1.29 is 0 Å². The van der Waals surface area contributed by atoms with Gasteiger partial charge < -0.3 is 15.1 Å². The smallest absolute Gasteiger partial charge is 0.0223 e. The summed E-state index contributed by atoms with van der Waals surface area (Å²) in [5.74, 6) is 1.89. The monoisotopic (exact) mass is 265 g/mol. The van der Waals surface area contributed by atoms with Gasteiger partial charge in [-0.15, -0.1) is 0 Å². The van der Waals surface area contributed by atoms with E-state index < -0.39 is 0 Å². The average molecular weight is 265 g/mol. The number of nitrogens with zero attached hydrogens (tertiary/aromatic N) is 2. The second-order valence-corrected chi connectivity index (χ2v) is 7.14. The molecule has 3 nitrogen and oxygen atoms in total. The quantitative estimate of drug-likeness (QED) is 0.839. The molecule has 3 fully saturated rings. The van der Waals surface area contributed by atoms with Crippen LogP contribution in [0, 0.1) is 11.8 Å². The number of likely N-dealkylation sites (tertiary alicyclic amines) is 1. The van der Waals surface area contributed by atoms with E-state index in [1.54, 1.807) is 0 Å². The molecule has 0 spiro atoms. The summed E-state index contributed by atoms with van der Waals surface area (Å²) in [5, 5.41) is 3.80. The van der Waals surface area contributed by atoms with Gasteiger partial charge in [-0.1, -0.05) is 19.3 Å². The SMILES string of the molecule is CN1CCC(CN2CCNC(C3CCCCC3)C2)C1. The molecule has 0 aromatic heterocycles. The molecule has 0 amide bonds. The molecule has 2 atom stereocenters. The third-order valence-corrected chi connectivity index (χ3v) is 5.51. The first kappa shape index (κ1) is 13.8. The third kappa shape index (κ3) is 3.71. The van der Waals surface area contributed by atoms with Crippen molar-refractivity contribution in [2.75, 3.05) is 46.3 Å². The maximum Gasteiger partial charge on any atom is 0.0223 e. The van der Waals surface area contributed by atoms with E-state index in [4.69, 9.17) is 0 Å². The third-order valence-electron chi connectivity index (χ3n) is 5.51. The molecule has 2 unspecified atom stereocenters. The maximum atomic E-state index is 3.80. The lowest BCUT2D eigenvalue weighted by atomic mass is 9.83. The minimum Gasteiger partial charge on any atom is -0.311 e. The van der Waals surface area contributed by atoms with E-state index in [1.165, 1.54) is 77.8 Å². The van der Waals surface area contributed by atoms with E-state index in [9.17, 15) is 0 Å². The molecule has 0 aromatic rings. The molecule has 3 aliphatic rings. The standard InChI is InChI=1S/C16H31N3/c1-18-9-7-14(11-18)12-19-10-8-17-16(13-19)15-5-3-2-4-6-15/h14-17H,2-13H2,1H3. The largest absolute Gasteiger partial charge is 0.311 e. The van der Waals surface area contributed by atoms with Gasteiger partial charge in [0.05, 0.1) is 0 Å². The maximum absolute atomic E-state index is 3.80. The van der Waals surface area contributed by atoms with Gasteiger partial charge in [-0.05, 0) is 44.7 Å². The van der Waals surface area contributed by atoms with Gasteiger partial charge in [0.25, 0.3) is 0 Å². The molecular formula is C16H31N3. The molecule has 1 N–H and O–H groups in total. The van der Waals surface area contributed by atoms with Crippen molar-refractivity contribution in [2.24, 2.45) is 11.8 Å². The fourth-order valence-electron chi connectivity index (χ4n) is 4.40. The van der Waals surface area contributed by atoms with Crippen LogP contribution in [-0.4, -0.2) is 62.2 Å². The fourth-order valence-corrected chi connectivity index (χ4v) is 4.40. The minimum absolute atomic E-state index is 0.785. The number of hydrogen-bond acceptors (Lipinski definition) is 3. The van der Waals surface area contributed by atoms with Crippen LogP contribution >= 0.6 is 0 Å². The molecule has 0 radical (unpaired) electrons.